The van der Waals surface area contributed by atoms with Crippen LogP contribution < -0.4 is 5.73 Å². The van der Waals surface area contributed by atoms with Crippen molar-refractivity contribution in [1.82, 2.24) is 14.8 Å². The lowest BCUT2D eigenvalue weighted by Crippen LogP contribution is -2.07. The van der Waals surface area contributed by atoms with E-state index >= 15 is 0 Å². The molecular formula is C11H9F3N4O2S. The molecule has 0 amide bonds. The van der Waals surface area contributed by atoms with Crippen molar-refractivity contribution in [2.24, 2.45) is 0 Å². The minimum atomic E-state index is -4.43. The molecule has 0 aliphatic carbocycles. The predicted octanol–water partition coefficient (Wildman–Crippen LogP) is 2.04. The number of nitrogens with zero attached hydrogens (tertiary/aromatic N) is 3. The Morgan fingerprint density at radius 2 is 1.90 bits per heavy atom. The zero-order chi connectivity index (χ0) is 15.6. The number of aromatic nitrogens is 3. The highest BCUT2D eigenvalue weighted by Crippen LogP contribution is 2.30. The molecule has 2 aromatic rings. The molecule has 3 N–H and O–H groups in total. The summed E-state index contributed by atoms with van der Waals surface area (Å²) < 4.78 is 38.8. The monoisotopic (exact) mass is 318 g/mol. The van der Waals surface area contributed by atoms with Gasteiger partial charge in [-0.1, -0.05) is 11.8 Å². The molecule has 6 nitrogen and oxygen atoms in total. The van der Waals surface area contributed by atoms with Crippen LogP contribution in [0.25, 0.3) is 5.69 Å². The van der Waals surface area contributed by atoms with Crippen LogP contribution in [0.5, 0.6) is 0 Å². The third-order valence-corrected chi connectivity index (χ3v) is 3.35. The fourth-order valence-corrected chi connectivity index (χ4v) is 2.22. The number of nitrogens with two attached hydrogens (primary N) is 1. The summed E-state index contributed by atoms with van der Waals surface area (Å²) in [6.45, 7) is 0. The third kappa shape index (κ3) is 3.45. The molecule has 10 heteroatoms. The van der Waals surface area contributed by atoms with Crippen molar-refractivity contribution in [2.45, 2.75) is 11.3 Å². The standard InChI is InChI=1S/C11H9F3N4O2S/c12-11(13,14)6-1-3-7(4-2-6)18-9(15)16-17-10(18)21-5-8(19)20/h1-4H,5H2,(H2,15,16)(H,19,20). The average molecular weight is 318 g/mol. The molecule has 112 valence electrons. The molecule has 0 saturated carbocycles. The van der Waals surface area contributed by atoms with E-state index in [-0.39, 0.29) is 16.9 Å². The van der Waals surface area contributed by atoms with Crippen LogP contribution in [0, 0.1) is 0 Å². The van der Waals surface area contributed by atoms with Crippen LogP contribution in [-0.4, -0.2) is 31.6 Å². The fraction of sp³-hybridized carbons (Fsp3) is 0.182. The van der Waals surface area contributed by atoms with Crippen molar-refractivity contribution in [3.05, 3.63) is 29.8 Å². The molecule has 2 rings (SSSR count). The smallest absolute Gasteiger partial charge is 0.416 e. The van der Waals surface area contributed by atoms with Gasteiger partial charge in [-0.15, -0.1) is 10.2 Å². The van der Waals surface area contributed by atoms with Crippen LogP contribution in [0.3, 0.4) is 0 Å². The Morgan fingerprint density at radius 1 is 1.29 bits per heavy atom. The van der Waals surface area contributed by atoms with E-state index in [0.717, 1.165) is 23.9 Å². The molecule has 0 saturated heterocycles. The van der Waals surface area contributed by atoms with Crippen LogP contribution in [0.15, 0.2) is 29.4 Å². The second-order valence-electron chi connectivity index (χ2n) is 3.90. The number of anilines is 1. The number of thioether (sulfide) groups is 1. The van der Waals surface area contributed by atoms with Gasteiger partial charge in [-0.2, -0.15) is 13.2 Å². The molecule has 21 heavy (non-hydrogen) atoms. The zero-order valence-corrected chi connectivity index (χ0v) is 11.1. The molecule has 0 fully saturated rings. The highest BCUT2D eigenvalue weighted by Gasteiger charge is 2.30. The molecule has 0 radical (unpaired) electrons. The maximum absolute atomic E-state index is 12.5. The second-order valence-corrected chi connectivity index (χ2v) is 4.85. The average Bonchev–Trinajstić information content (AvgIpc) is 2.76. The highest BCUT2D eigenvalue weighted by molar-refractivity contribution is 7.99. The first kappa shape index (κ1) is 15.2. The molecular weight excluding hydrogens is 309 g/mol. The van der Waals surface area contributed by atoms with E-state index in [1.807, 2.05) is 0 Å². The molecule has 0 unspecified atom stereocenters. The van der Waals surface area contributed by atoms with Crippen LogP contribution in [0.1, 0.15) is 5.56 Å². The van der Waals surface area contributed by atoms with Crippen molar-refractivity contribution in [3.8, 4) is 5.69 Å². The van der Waals surface area contributed by atoms with Gasteiger partial charge in [0.05, 0.1) is 17.0 Å². The summed E-state index contributed by atoms with van der Waals surface area (Å²) in [7, 11) is 0. The van der Waals surface area contributed by atoms with Gasteiger partial charge in [0, 0.05) is 0 Å². The maximum atomic E-state index is 12.5. The number of alkyl halides is 3. The summed E-state index contributed by atoms with van der Waals surface area (Å²) >= 11 is 0.868. The quantitative estimate of drug-likeness (QED) is 0.838. The number of carbonyl (C=O) groups is 1. The van der Waals surface area contributed by atoms with Crippen molar-refractivity contribution in [3.63, 3.8) is 0 Å². The van der Waals surface area contributed by atoms with Crippen molar-refractivity contribution < 1.29 is 23.1 Å². The summed E-state index contributed by atoms with van der Waals surface area (Å²) in [5, 5.41) is 16.1. The number of halogens is 3. The van der Waals surface area contributed by atoms with Crippen molar-refractivity contribution in [2.75, 3.05) is 11.5 Å². The topological polar surface area (TPSA) is 94.0 Å². The normalized spacial score (nSPS) is 11.6. The zero-order valence-electron chi connectivity index (χ0n) is 10.3. The van der Waals surface area contributed by atoms with Gasteiger partial charge in [0.25, 0.3) is 0 Å². The lowest BCUT2D eigenvalue weighted by Gasteiger charge is -2.10. The van der Waals surface area contributed by atoms with E-state index in [2.05, 4.69) is 10.2 Å². The van der Waals surface area contributed by atoms with Crippen molar-refractivity contribution in [1.29, 1.82) is 0 Å². The van der Waals surface area contributed by atoms with Gasteiger partial charge in [-0.3, -0.25) is 9.36 Å². The van der Waals surface area contributed by atoms with E-state index in [9.17, 15) is 18.0 Å². The summed E-state index contributed by atoms with van der Waals surface area (Å²) in [5.41, 5.74) is 5.13. The summed E-state index contributed by atoms with van der Waals surface area (Å²) in [4.78, 5) is 10.5. The molecule has 0 aliphatic heterocycles. The van der Waals surface area contributed by atoms with Gasteiger partial charge in [-0.25, -0.2) is 0 Å². The Balaban J connectivity index is 2.33. The first-order valence-corrected chi connectivity index (χ1v) is 6.50. The number of aliphatic carboxylic acids is 1. The lowest BCUT2D eigenvalue weighted by atomic mass is 10.2. The largest absolute Gasteiger partial charge is 0.481 e. The number of carboxylic acid groups (broad SMARTS) is 1. The predicted molar refractivity (Wildman–Crippen MR) is 69.1 cm³/mol. The molecule has 0 spiro atoms. The van der Waals surface area contributed by atoms with E-state index in [1.165, 1.54) is 16.7 Å². The van der Waals surface area contributed by atoms with E-state index in [0.29, 0.717) is 5.69 Å². The summed E-state index contributed by atoms with van der Waals surface area (Å²) in [6, 6.07) is 4.24. The SMILES string of the molecule is Nc1nnc(SCC(=O)O)n1-c1ccc(C(F)(F)F)cc1. The third-order valence-electron chi connectivity index (χ3n) is 2.44. The molecule has 1 heterocycles. The number of rotatable bonds is 4. The van der Waals surface area contributed by atoms with Crippen LogP contribution in [0.4, 0.5) is 19.1 Å². The molecule has 0 aliphatic rings. The van der Waals surface area contributed by atoms with Crippen LogP contribution in [0.2, 0.25) is 0 Å². The highest BCUT2D eigenvalue weighted by atomic mass is 32.2. The van der Waals surface area contributed by atoms with Crippen LogP contribution in [-0.2, 0) is 11.0 Å². The molecule has 1 aromatic heterocycles. The van der Waals surface area contributed by atoms with Gasteiger partial charge >= 0.3 is 12.1 Å². The van der Waals surface area contributed by atoms with Gasteiger partial charge < -0.3 is 10.8 Å². The van der Waals surface area contributed by atoms with E-state index < -0.39 is 17.7 Å². The minimum Gasteiger partial charge on any atom is -0.481 e. The first-order valence-electron chi connectivity index (χ1n) is 5.52. The Morgan fingerprint density at radius 3 is 2.43 bits per heavy atom. The van der Waals surface area contributed by atoms with E-state index in [1.54, 1.807) is 0 Å². The Labute approximate surface area is 120 Å². The van der Waals surface area contributed by atoms with Gasteiger partial charge in [0.15, 0.2) is 5.16 Å². The van der Waals surface area contributed by atoms with Crippen molar-refractivity contribution >= 4 is 23.7 Å². The van der Waals surface area contributed by atoms with Gasteiger partial charge in [0.2, 0.25) is 5.95 Å². The number of benzene rings is 1. The molecule has 0 atom stereocenters. The van der Waals surface area contributed by atoms with Gasteiger partial charge in [0.1, 0.15) is 0 Å². The number of hydrogen-bond acceptors (Lipinski definition) is 5. The Kier molecular flexibility index (Phi) is 4.07. The Hall–Kier alpha value is -2.23. The number of hydrogen-bond donors (Lipinski definition) is 2. The summed E-state index contributed by atoms with van der Waals surface area (Å²) in [6.07, 6.45) is -4.43. The van der Waals surface area contributed by atoms with Gasteiger partial charge in [-0.05, 0) is 24.3 Å². The maximum Gasteiger partial charge on any atom is 0.416 e. The minimum absolute atomic E-state index is 0.0392. The fourth-order valence-electron chi connectivity index (χ4n) is 1.54. The number of carboxylic acids is 1. The lowest BCUT2D eigenvalue weighted by molar-refractivity contribution is -0.137. The molecule has 0 bridgehead atoms. The number of nitrogen functional groups attached to an aromatic ring is 1. The second kappa shape index (κ2) is 5.64. The first-order chi connectivity index (χ1) is 9.79. The summed E-state index contributed by atoms with van der Waals surface area (Å²) in [5.74, 6) is -1.36. The van der Waals surface area contributed by atoms with Crippen LogP contribution >= 0.6 is 11.8 Å². The molecule has 1 aromatic carbocycles. The van der Waals surface area contributed by atoms with E-state index in [4.69, 9.17) is 10.8 Å². The Bertz CT molecular complexity index is 654.